The maximum atomic E-state index is 12.5. The molecule has 0 atom stereocenters. The molecule has 1 aliphatic heterocycles. The fraction of sp³-hybridized carbons (Fsp3) is 0.588. The standard InChI is InChI=1S/C17H26N2O/c1-4-17(5-2)10-12-19(13-11-17)16(20)14-6-8-15(18-3)9-7-14/h6-9,18H,4-5,10-13H2,1-3H3. The molecule has 1 N–H and O–H groups in total. The summed E-state index contributed by atoms with van der Waals surface area (Å²) >= 11 is 0. The molecule has 0 aliphatic carbocycles. The first kappa shape index (κ1) is 14.9. The number of carbonyl (C=O) groups excluding carboxylic acids is 1. The number of hydrogen-bond donors (Lipinski definition) is 1. The van der Waals surface area contributed by atoms with Gasteiger partial charge in [-0.2, -0.15) is 0 Å². The van der Waals surface area contributed by atoms with E-state index in [1.54, 1.807) is 0 Å². The van der Waals surface area contributed by atoms with Crippen LogP contribution in [0.5, 0.6) is 0 Å². The number of nitrogens with one attached hydrogen (secondary N) is 1. The number of rotatable bonds is 4. The molecule has 0 spiro atoms. The van der Waals surface area contributed by atoms with E-state index in [4.69, 9.17) is 0 Å². The van der Waals surface area contributed by atoms with Gasteiger partial charge < -0.3 is 10.2 Å². The van der Waals surface area contributed by atoms with E-state index in [9.17, 15) is 4.79 Å². The summed E-state index contributed by atoms with van der Waals surface area (Å²) in [5, 5.41) is 3.07. The SMILES string of the molecule is CCC1(CC)CCN(C(=O)c2ccc(NC)cc2)CC1. The number of benzene rings is 1. The van der Waals surface area contributed by atoms with Gasteiger partial charge >= 0.3 is 0 Å². The first-order valence-corrected chi connectivity index (χ1v) is 7.71. The average molecular weight is 274 g/mol. The first-order valence-electron chi connectivity index (χ1n) is 7.71. The lowest BCUT2D eigenvalue weighted by molar-refractivity contribution is 0.0558. The van der Waals surface area contributed by atoms with Crippen molar-refractivity contribution in [1.82, 2.24) is 4.90 Å². The van der Waals surface area contributed by atoms with Gasteiger partial charge in [-0.1, -0.05) is 26.7 Å². The zero-order valence-corrected chi connectivity index (χ0v) is 12.9. The van der Waals surface area contributed by atoms with E-state index in [0.717, 1.165) is 37.2 Å². The van der Waals surface area contributed by atoms with E-state index >= 15 is 0 Å². The van der Waals surface area contributed by atoms with Crippen LogP contribution in [0, 0.1) is 5.41 Å². The molecule has 0 aromatic heterocycles. The maximum absolute atomic E-state index is 12.5. The highest BCUT2D eigenvalue weighted by Crippen LogP contribution is 2.38. The summed E-state index contributed by atoms with van der Waals surface area (Å²) in [6.45, 7) is 6.34. The van der Waals surface area contributed by atoms with Gasteiger partial charge in [-0.05, 0) is 42.5 Å². The van der Waals surface area contributed by atoms with E-state index in [2.05, 4.69) is 19.2 Å². The lowest BCUT2D eigenvalue weighted by atomic mass is 9.74. The summed E-state index contributed by atoms with van der Waals surface area (Å²) in [5.74, 6) is 0.174. The summed E-state index contributed by atoms with van der Waals surface area (Å²) in [6.07, 6.45) is 4.73. The van der Waals surface area contributed by atoms with Crippen molar-refractivity contribution >= 4 is 11.6 Å². The van der Waals surface area contributed by atoms with Crippen LogP contribution in [0.4, 0.5) is 5.69 Å². The Morgan fingerprint density at radius 1 is 1.15 bits per heavy atom. The first-order chi connectivity index (χ1) is 9.64. The van der Waals surface area contributed by atoms with Gasteiger partial charge in [0.1, 0.15) is 0 Å². The van der Waals surface area contributed by atoms with Crippen molar-refractivity contribution in [3.63, 3.8) is 0 Å². The maximum Gasteiger partial charge on any atom is 0.253 e. The summed E-state index contributed by atoms with van der Waals surface area (Å²) < 4.78 is 0. The van der Waals surface area contributed by atoms with Crippen LogP contribution < -0.4 is 5.32 Å². The molecule has 3 nitrogen and oxygen atoms in total. The van der Waals surface area contributed by atoms with Crippen LogP contribution in [0.2, 0.25) is 0 Å². The van der Waals surface area contributed by atoms with Gasteiger partial charge in [0, 0.05) is 31.4 Å². The predicted octanol–water partition coefficient (Wildman–Crippen LogP) is 3.77. The Balaban J connectivity index is 2.00. The molecule has 1 aromatic rings. The minimum atomic E-state index is 0.174. The molecule has 0 radical (unpaired) electrons. The number of anilines is 1. The quantitative estimate of drug-likeness (QED) is 0.906. The normalized spacial score (nSPS) is 17.9. The van der Waals surface area contributed by atoms with Crippen molar-refractivity contribution in [1.29, 1.82) is 0 Å². The molecule has 1 saturated heterocycles. The third-order valence-corrected chi connectivity index (χ3v) is 5.03. The molecule has 1 heterocycles. The molecule has 0 bridgehead atoms. The van der Waals surface area contributed by atoms with Gasteiger partial charge in [0.05, 0.1) is 0 Å². The topological polar surface area (TPSA) is 32.3 Å². The van der Waals surface area contributed by atoms with Crippen LogP contribution in [-0.4, -0.2) is 30.9 Å². The second-order valence-electron chi connectivity index (χ2n) is 5.83. The van der Waals surface area contributed by atoms with Gasteiger partial charge in [-0.25, -0.2) is 0 Å². The fourth-order valence-corrected chi connectivity index (χ4v) is 3.10. The molecule has 1 fully saturated rings. The van der Waals surface area contributed by atoms with E-state index < -0.39 is 0 Å². The molecule has 2 rings (SSSR count). The number of hydrogen-bond acceptors (Lipinski definition) is 2. The highest BCUT2D eigenvalue weighted by Gasteiger charge is 2.32. The molecule has 1 aliphatic rings. The van der Waals surface area contributed by atoms with Gasteiger partial charge in [0.15, 0.2) is 0 Å². The zero-order valence-electron chi connectivity index (χ0n) is 12.9. The van der Waals surface area contributed by atoms with Gasteiger partial charge in [-0.3, -0.25) is 4.79 Å². The van der Waals surface area contributed by atoms with Crippen LogP contribution in [0.25, 0.3) is 0 Å². The Kier molecular flexibility index (Phi) is 4.69. The van der Waals surface area contributed by atoms with Crippen molar-refractivity contribution < 1.29 is 4.79 Å². The van der Waals surface area contributed by atoms with Crippen LogP contribution in [0.3, 0.4) is 0 Å². The molecular weight excluding hydrogens is 248 g/mol. The monoisotopic (exact) mass is 274 g/mol. The van der Waals surface area contributed by atoms with Crippen molar-refractivity contribution in [2.24, 2.45) is 5.41 Å². The molecule has 1 amide bonds. The Morgan fingerprint density at radius 3 is 2.15 bits per heavy atom. The minimum absolute atomic E-state index is 0.174. The molecule has 110 valence electrons. The summed E-state index contributed by atoms with van der Waals surface area (Å²) in [4.78, 5) is 14.5. The predicted molar refractivity (Wildman–Crippen MR) is 84.1 cm³/mol. The van der Waals surface area contributed by atoms with Gasteiger partial charge in [-0.15, -0.1) is 0 Å². The molecule has 0 unspecified atom stereocenters. The third-order valence-electron chi connectivity index (χ3n) is 5.03. The second-order valence-corrected chi connectivity index (χ2v) is 5.83. The van der Waals surface area contributed by atoms with E-state index in [0.29, 0.717) is 5.41 Å². The van der Waals surface area contributed by atoms with Crippen LogP contribution in [0.1, 0.15) is 49.9 Å². The van der Waals surface area contributed by atoms with Crippen molar-refractivity contribution in [2.75, 3.05) is 25.5 Å². The Bertz CT molecular complexity index is 439. The molecule has 3 heteroatoms. The van der Waals surface area contributed by atoms with E-state index in [-0.39, 0.29) is 5.91 Å². The largest absolute Gasteiger partial charge is 0.388 e. The number of piperidine rings is 1. The van der Waals surface area contributed by atoms with Crippen molar-refractivity contribution in [3.05, 3.63) is 29.8 Å². The second kappa shape index (κ2) is 6.29. The van der Waals surface area contributed by atoms with Crippen LogP contribution in [-0.2, 0) is 0 Å². The number of nitrogens with zero attached hydrogens (tertiary/aromatic N) is 1. The third kappa shape index (κ3) is 2.97. The fourth-order valence-electron chi connectivity index (χ4n) is 3.10. The Hall–Kier alpha value is -1.51. The number of likely N-dealkylation sites (tertiary alicyclic amines) is 1. The van der Waals surface area contributed by atoms with Crippen LogP contribution in [0.15, 0.2) is 24.3 Å². The summed E-state index contributed by atoms with van der Waals surface area (Å²) in [5.41, 5.74) is 2.30. The Morgan fingerprint density at radius 2 is 1.70 bits per heavy atom. The number of carbonyl (C=O) groups is 1. The molecular formula is C17H26N2O. The summed E-state index contributed by atoms with van der Waals surface area (Å²) in [6, 6.07) is 7.74. The highest BCUT2D eigenvalue weighted by atomic mass is 16.2. The number of amides is 1. The average Bonchev–Trinajstić information content (AvgIpc) is 2.54. The molecule has 1 aromatic carbocycles. The van der Waals surface area contributed by atoms with Gasteiger partial charge in [0.2, 0.25) is 0 Å². The molecule has 20 heavy (non-hydrogen) atoms. The van der Waals surface area contributed by atoms with E-state index in [1.165, 1.54) is 12.8 Å². The zero-order chi connectivity index (χ0) is 14.6. The van der Waals surface area contributed by atoms with E-state index in [1.807, 2.05) is 36.2 Å². The highest BCUT2D eigenvalue weighted by molar-refractivity contribution is 5.94. The Labute approximate surface area is 122 Å². The minimum Gasteiger partial charge on any atom is -0.388 e. The van der Waals surface area contributed by atoms with Crippen LogP contribution >= 0.6 is 0 Å². The molecule has 0 saturated carbocycles. The van der Waals surface area contributed by atoms with Crippen molar-refractivity contribution in [2.45, 2.75) is 39.5 Å². The van der Waals surface area contributed by atoms with Gasteiger partial charge in [0.25, 0.3) is 5.91 Å². The van der Waals surface area contributed by atoms with Crippen molar-refractivity contribution in [3.8, 4) is 0 Å². The lowest BCUT2D eigenvalue weighted by Gasteiger charge is -2.41. The summed E-state index contributed by atoms with van der Waals surface area (Å²) in [7, 11) is 1.89. The smallest absolute Gasteiger partial charge is 0.253 e. The lowest BCUT2D eigenvalue weighted by Crippen LogP contribution is -2.42.